The van der Waals surface area contributed by atoms with E-state index in [1.165, 1.54) is 11.0 Å². The average Bonchev–Trinajstić information content (AvgIpc) is 3.24. The molecule has 4 rings (SSSR count). The maximum absolute atomic E-state index is 12.3. The van der Waals surface area contributed by atoms with Gasteiger partial charge < -0.3 is 9.15 Å². The monoisotopic (exact) mass is 425 g/mol. The van der Waals surface area contributed by atoms with Crippen LogP contribution < -0.4 is 20.5 Å². The minimum atomic E-state index is -0.643. The van der Waals surface area contributed by atoms with Crippen molar-refractivity contribution in [3.63, 3.8) is 0 Å². The van der Waals surface area contributed by atoms with Crippen LogP contribution in [0.25, 0.3) is 11.3 Å². The summed E-state index contributed by atoms with van der Waals surface area (Å²) in [5.74, 6) is -0.644. The molecule has 0 spiro atoms. The SMILES string of the molecule is O=C(CN1C(=O)COc2ccccc21)NNC(=O)c1ccc(-c2ccccc2Cl)o1. The fraction of sp³-hybridized carbons (Fsp3) is 0.0952. The molecule has 9 heteroatoms. The molecule has 2 aromatic carbocycles. The number of nitrogens with zero attached hydrogens (tertiary/aromatic N) is 1. The van der Waals surface area contributed by atoms with Gasteiger partial charge in [-0.2, -0.15) is 0 Å². The van der Waals surface area contributed by atoms with E-state index >= 15 is 0 Å². The number of carbonyl (C=O) groups excluding carboxylic acids is 3. The maximum atomic E-state index is 12.3. The Hall–Kier alpha value is -3.78. The number of amides is 3. The standard InChI is InChI=1S/C21H16ClN3O5/c22-14-6-2-1-5-13(14)16-9-10-18(30-16)21(28)24-23-19(26)11-25-15-7-3-4-8-17(15)29-12-20(25)27/h1-10H,11-12H2,(H,23,26)(H,24,28). The number of fused-ring (bicyclic) bond motifs is 1. The minimum Gasteiger partial charge on any atom is -0.482 e. The summed E-state index contributed by atoms with van der Waals surface area (Å²) in [6, 6.07) is 17.0. The largest absolute Gasteiger partial charge is 0.482 e. The molecule has 0 fully saturated rings. The summed E-state index contributed by atoms with van der Waals surface area (Å²) in [5.41, 5.74) is 5.69. The van der Waals surface area contributed by atoms with Crippen molar-refractivity contribution in [2.75, 3.05) is 18.1 Å². The van der Waals surface area contributed by atoms with Gasteiger partial charge in [0.1, 0.15) is 18.1 Å². The lowest BCUT2D eigenvalue weighted by Crippen LogP contribution is -2.49. The lowest BCUT2D eigenvalue weighted by atomic mass is 10.2. The van der Waals surface area contributed by atoms with E-state index in [0.717, 1.165) is 0 Å². The highest BCUT2D eigenvalue weighted by Crippen LogP contribution is 2.31. The highest BCUT2D eigenvalue weighted by atomic mass is 35.5. The first-order chi connectivity index (χ1) is 14.5. The van der Waals surface area contributed by atoms with E-state index in [-0.39, 0.29) is 24.8 Å². The van der Waals surface area contributed by atoms with Gasteiger partial charge >= 0.3 is 5.91 Å². The number of rotatable bonds is 4. The Kier molecular flexibility index (Phi) is 5.40. The first-order valence-corrected chi connectivity index (χ1v) is 9.37. The molecule has 0 aliphatic carbocycles. The number of carbonyl (C=O) groups is 3. The molecule has 1 aromatic heterocycles. The van der Waals surface area contributed by atoms with Crippen LogP contribution in [0.1, 0.15) is 10.6 Å². The number of anilines is 1. The fourth-order valence-corrected chi connectivity index (χ4v) is 3.19. The number of hydrogen-bond acceptors (Lipinski definition) is 5. The Morgan fingerprint density at radius 1 is 1.00 bits per heavy atom. The van der Waals surface area contributed by atoms with Crippen molar-refractivity contribution in [2.45, 2.75) is 0 Å². The molecule has 0 unspecified atom stereocenters. The second kappa shape index (κ2) is 8.30. The molecular formula is C21H16ClN3O5. The van der Waals surface area contributed by atoms with Crippen molar-refractivity contribution in [3.8, 4) is 17.1 Å². The van der Waals surface area contributed by atoms with Crippen LogP contribution in [0.2, 0.25) is 5.02 Å². The molecule has 0 saturated carbocycles. The minimum absolute atomic E-state index is 0.00184. The van der Waals surface area contributed by atoms with Gasteiger partial charge in [-0.05, 0) is 36.4 Å². The van der Waals surface area contributed by atoms with Crippen LogP contribution >= 0.6 is 11.6 Å². The Bertz CT molecular complexity index is 1130. The van der Waals surface area contributed by atoms with Crippen LogP contribution in [-0.2, 0) is 9.59 Å². The van der Waals surface area contributed by atoms with Crippen molar-refractivity contribution in [3.05, 3.63) is 71.4 Å². The smallest absolute Gasteiger partial charge is 0.305 e. The average molecular weight is 426 g/mol. The molecule has 0 atom stereocenters. The van der Waals surface area contributed by atoms with Crippen molar-refractivity contribution >= 4 is 35.0 Å². The third kappa shape index (κ3) is 3.99. The molecule has 3 aromatic rings. The van der Waals surface area contributed by atoms with Crippen LogP contribution in [0.5, 0.6) is 5.75 Å². The summed E-state index contributed by atoms with van der Waals surface area (Å²) in [5, 5.41) is 0.488. The molecule has 152 valence electrons. The summed E-state index contributed by atoms with van der Waals surface area (Å²) in [6.45, 7) is -0.434. The summed E-state index contributed by atoms with van der Waals surface area (Å²) in [4.78, 5) is 38.0. The Morgan fingerprint density at radius 3 is 2.60 bits per heavy atom. The highest BCUT2D eigenvalue weighted by molar-refractivity contribution is 6.33. The zero-order chi connectivity index (χ0) is 21.1. The van der Waals surface area contributed by atoms with E-state index in [2.05, 4.69) is 10.9 Å². The van der Waals surface area contributed by atoms with Crippen molar-refractivity contribution in [1.82, 2.24) is 10.9 Å². The van der Waals surface area contributed by atoms with Crippen LogP contribution in [-0.4, -0.2) is 30.9 Å². The van der Waals surface area contributed by atoms with Gasteiger partial charge in [0.05, 0.1) is 10.7 Å². The third-order valence-corrected chi connectivity index (χ3v) is 4.72. The molecule has 30 heavy (non-hydrogen) atoms. The van der Waals surface area contributed by atoms with Crippen molar-refractivity contribution in [2.24, 2.45) is 0 Å². The lowest BCUT2D eigenvalue weighted by molar-refractivity contribution is -0.125. The zero-order valence-corrected chi connectivity index (χ0v) is 16.3. The Morgan fingerprint density at radius 2 is 1.77 bits per heavy atom. The van der Waals surface area contributed by atoms with E-state index in [9.17, 15) is 14.4 Å². The third-order valence-electron chi connectivity index (χ3n) is 4.39. The fourth-order valence-electron chi connectivity index (χ4n) is 2.96. The summed E-state index contributed by atoms with van der Waals surface area (Å²) in [6.07, 6.45) is 0. The number of hydrazine groups is 1. The van der Waals surface area contributed by atoms with Gasteiger partial charge in [-0.1, -0.05) is 35.9 Å². The second-order valence-electron chi connectivity index (χ2n) is 6.38. The maximum Gasteiger partial charge on any atom is 0.305 e. The number of hydrogen-bond donors (Lipinski definition) is 2. The molecule has 1 aliphatic rings. The Labute approximate surface area is 176 Å². The predicted octanol–water partition coefficient (Wildman–Crippen LogP) is 2.79. The molecule has 8 nitrogen and oxygen atoms in total. The number of benzene rings is 2. The molecule has 0 bridgehead atoms. The van der Waals surface area contributed by atoms with E-state index in [0.29, 0.717) is 27.8 Å². The molecule has 0 saturated heterocycles. The highest BCUT2D eigenvalue weighted by Gasteiger charge is 2.27. The summed E-state index contributed by atoms with van der Waals surface area (Å²) >= 11 is 6.13. The van der Waals surface area contributed by atoms with Crippen molar-refractivity contribution in [1.29, 1.82) is 0 Å². The quantitative estimate of drug-likeness (QED) is 0.626. The van der Waals surface area contributed by atoms with Gasteiger partial charge in [0.25, 0.3) is 11.8 Å². The van der Waals surface area contributed by atoms with Gasteiger partial charge in [-0.25, -0.2) is 0 Å². The summed E-state index contributed by atoms with van der Waals surface area (Å²) in [7, 11) is 0. The molecule has 2 N–H and O–H groups in total. The van der Waals surface area contributed by atoms with E-state index in [4.69, 9.17) is 20.8 Å². The molecule has 3 amide bonds. The van der Waals surface area contributed by atoms with E-state index < -0.39 is 11.8 Å². The summed E-state index contributed by atoms with van der Waals surface area (Å²) < 4.78 is 10.9. The van der Waals surface area contributed by atoms with Gasteiger partial charge in [-0.3, -0.25) is 30.1 Å². The van der Waals surface area contributed by atoms with Crippen LogP contribution in [0, 0.1) is 0 Å². The zero-order valence-electron chi connectivity index (χ0n) is 15.6. The molecule has 2 heterocycles. The predicted molar refractivity (Wildman–Crippen MR) is 109 cm³/mol. The first kappa shape index (κ1) is 19.5. The number of nitrogens with one attached hydrogen (secondary N) is 2. The first-order valence-electron chi connectivity index (χ1n) is 8.99. The van der Waals surface area contributed by atoms with Crippen LogP contribution in [0.3, 0.4) is 0 Å². The number of para-hydroxylation sites is 2. The number of furan rings is 1. The molecule has 1 aliphatic heterocycles. The molecular weight excluding hydrogens is 410 g/mol. The van der Waals surface area contributed by atoms with Gasteiger partial charge in [-0.15, -0.1) is 0 Å². The Balaban J connectivity index is 1.37. The second-order valence-corrected chi connectivity index (χ2v) is 6.79. The van der Waals surface area contributed by atoms with Crippen LogP contribution in [0.15, 0.2) is 65.1 Å². The van der Waals surface area contributed by atoms with Gasteiger partial charge in [0, 0.05) is 5.56 Å². The van der Waals surface area contributed by atoms with Gasteiger partial charge in [0.15, 0.2) is 12.4 Å². The number of halogens is 1. The normalized spacial score (nSPS) is 12.7. The van der Waals surface area contributed by atoms with Crippen molar-refractivity contribution < 1.29 is 23.5 Å². The topological polar surface area (TPSA) is 101 Å². The van der Waals surface area contributed by atoms with Gasteiger partial charge in [0.2, 0.25) is 0 Å². The molecule has 0 radical (unpaired) electrons. The lowest BCUT2D eigenvalue weighted by Gasteiger charge is -2.28. The van der Waals surface area contributed by atoms with E-state index in [1.54, 1.807) is 54.6 Å². The number of ether oxygens (including phenoxy) is 1. The van der Waals surface area contributed by atoms with E-state index in [1.807, 2.05) is 0 Å². The van der Waals surface area contributed by atoms with Crippen LogP contribution in [0.4, 0.5) is 5.69 Å².